The highest BCUT2D eigenvalue weighted by Gasteiger charge is 2.28. The Labute approximate surface area is 117 Å². The van der Waals surface area contributed by atoms with Crippen molar-refractivity contribution in [2.75, 3.05) is 13.1 Å². The van der Waals surface area contributed by atoms with Crippen LogP contribution in [-0.4, -0.2) is 24.2 Å². The van der Waals surface area contributed by atoms with E-state index in [1.54, 1.807) is 17.0 Å². The van der Waals surface area contributed by atoms with E-state index < -0.39 is 0 Å². The summed E-state index contributed by atoms with van der Waals surface area (Å²) in [6, 6.07) is 8.42. The summed E-state index contributed by atoms with van der Waals surface area (Å²) < 4.78 is 0. The molecule has 0 heterocycles. The van der Waals surface area contributed by atoms with Gasteiger partial charge in [-0.05, 0) is 50.3 Å². The number of phenols is 1. The number of rotatable bonds is 8. The van der Waals surface area contributed by atoms with Gasteiger partial charge in [0.2, 0.25) is 0 Å². The van der Waals surface area contributed by atoms with Gasteiger partial charge in [-0.25, -0.2) is 0 Å². The second-order valence-corrected chi connectivity index (χ2v) is 6.16. The van der Waals surface area contributed by atoms with Crippen LogP contribution in [0.3, 0.4) is 0 Å². The molecule has 0 bridgehead atoms. The van der Waals surface area contributed by atoms with Gasteiger partial charge >= 0.3 is 0 Å². The van der Waals surface area contributed by atoms with Crippen molar-refractivity contribution in [1.29, 1.82) is 0 Å². The molecule has 2 rings (SSSR count). The first-order valence-electron chi connectivity index (χ1n) is 7.81. The van der Waals surface area contributed by atoms with E-state index in [9.17, 15) is 5.11 Å². The second kappa shape index (κ2) is 6.95. The first-order chi connectivity index (χ1) is 9.19. The Hall–Kier alpha value is -1.02. The summed E-state index contributed by atoms with van der Waals surface area (Å²) in [5.74, 6) is 1.38. The molecule has 2 atom stereocenters. The maximum Gasteiger partial charge on any atom is 0.115 e. The molecule has 1 unspecified atom stereocenters. The van der Waals surface area contributed by atoms with Crippen LogP contribution in [0.25, 0.3) is 0 Å². The van der Waals surface area contributed by atoms with Gasteiger partial charge in [0.05, 0.1) is 19.1 Å². The van der Waals surface area contributed by atoms with Crippen LogP contribution in [0.1, 0.15) is 45.1 Å². The third kappa shape index (κ3) is 4.87. The fourth-order valence-electron chi connectivity index (χ4n) is 2.81. The van der Waals surface area contributed by atoms with Crippen LogP contribution in [0.2, 0.25) is 0 Å². The molecule has 0 radical (unpaired) electrons. The molecular formula is C17H28NO+. The number of phenolic OH excluding ortho intramolecular Hbond substituents is 1. The van der Waals surface area contributed by atoms with Crippen LogP contribution < -0.4 is 4.90 Å². The van der Waals surface area contributed by atoms with Crippen LogP contribution in [0.4, 0.5) is 0 Å². The highest BCUT2D eigenvalue weighted by atomic mass is 16.3. The number of aryl methyl sites for hydroxylation is 1. The zero-order valence-electron chi connectivity index (χ0n) is 12.4. The Morgan fingerprint density at radius 3 is 2.53 bits per heavy atom. The van der Waals surface area contributed by atoms with Crippen LogP contribution >= 0.6 is 0 Å². The molecule has 0 saturated heterocycles. The van der Waals surface area contributed by atoms with Crippen LogP contribution in [0, 0.1) is 5.92 Å². The molecule has 0 amide bonds. The molecule has 1 aromatic carbocycles. The van der Waals surface area contributed by atoms with E-state index in [4.69, 9.17) is 0 Å². The molecule has 0 aromatic heterocycles. The van der Waals surface area contributed by atoms with E-state index in [0.29, 0.717) is 5.75 Å². The third-order valence-electron chi connectivity index (χ3n) is 4.32. The summed E-state index contributed by atoms with van der Waals surface area (Å²) in [5.41, 5.74) is 1.34. The average Bonchev–Trinajstić information content (AvgIpc) is 3.21. The number of nitrogens with one attached hydrogen (secondary N) is 1. The van der Waals surface area contributed by atoms with Crippen molar-refractivity contribution < 1.29 is 10.0 Å². The van der Waals surface area contributed by atoms with Crippen molar-refractivity contribution in [2.45, 2.75) is 52.0 Å². The molecule has 1 fully saturated rings. The molecule has 19 heavy (non-hydrogen) atoms. The highest BCUT2D eigenvalue weighted by Crippen LogP contribution is 2.26. The number of benzene rings is 1. The molecular weight excluding hydrogens is 234 g/mol. The number of hydrogen-bond donors (Lipinski definition) is 2. The van der Waals surface area contributed by atoms with Gasteiger partial charge in [0.25, 0.3) is 0 Å². The Morgan fingerprint density at radius 1 is 1.26 bits per heavy atom. The molecule has 2 heteroatoms. The molecule has 1 aromatic rings. The minimum Gasteiger partial charge on any atom is -0.508 e. The van der Waals surface area contributed by atoms with E-state index in [0.717, 1.165) is 18.4 Å². The van der Waals surface area contributed by atoms with Gasteiger partial charge in [-0.15, -0.1) is 0 Å². The van der Waals surface area contributed by atoms with Gasteiger partial charge in [0, 0.05) is 12.3 Å². The van der Waals surface area contributed by atoms with Crippen LogP contribution in [-0.2, 0) is 6.42 Å². The van der Waals surface area contributed by atoms with E-state index >= 15 is 0 Å². The summed E-state index contributed by atoms with van der Waals surface area (Å²) >= 11 is 0. The predicted molar refractivity (Wildman–Crippen MR) is 79.6 cm³/mol. The van der Waals surface area contributed by atoms with E-state index in [1.807, 2.05) is 12.1 Å². The summed E-state index contributed by atoms with van der Waals surface area (Å²) in [7, 11) is 0. The second-order valence-electron chi connectivity index (χ2n) is 6.16. The Kier molecular flexibility index (Phi) is 5.26. The number of hydrogen-bond acceptors (Lipinski definition) is 1. The van der Waals surface area contributed by atoms with Gasteiger partial charge in [0.15, 0.2) is 0 Å². The minimum atomic E-state index is 0.365. The van der Waals surface area contributed by atoms with Crippen LogP contribution in [0.15, 0.2) is 24.3 Å². The van der Waals surface area contributed by atoms with Crippen molar-refractivity contribution in [3.8, 4) is 5.75 Å². The van der Waals surface area contributed by atoms with E-state index in [-0.39, 0.29) is 0 Å². The van der Waals surface area contributed by atoms with Crippen molar-refractivity contribution >= 4 is 0 Å². The molecule has 1 aliphatic rings. The summed E-state index contributed by atoms with van der Waals surface area (Å²) in [6.07, 6.45) is 6.56. The van der Waals surface area contributed by atoms with Crippen molar-refractivity contribution in [2.24, 2.45) is 5.92 Å². The molecule has 106 valence electrons. The third-order valence-corrected chi connectivity index (χ3v) is 4.32. The van der Waals surface area contributed by atoms with Gasteiger partial charge < -0.3 is 10.0 Å². The van der Waals surface area contributed by atoms with E-state index in [1.165, 1.54) is 44.3 Å². The zero-order valence-corrected chi connectivity index (χ0v) is 12.4. The number of aromatic hydroxyl groups is 1. The minimum absolute atomic E-state index is 0.365. The Balaban J connectivity index is 1.80. The van der Waals surface area contributed by atoms with Crippen LogP contribution in [0.5, 0.6) is 5.75 Å². The molecule has 0 spiro atoms. The summed E-state index contributed by atoms with van der Waals surface area (Å²) in [5, 5.41) is 9.29. The lowest BCUT2D eigenvalue weighted by molar-refractivity contribution is -0.925. The van der Waals surface area contributed by atoms with Gasteiger partial charge in [0.1, 0.15) is 5.75 Å². The highest BCUT2D eigenvalue weighted by molar-refractivity contribution is 5.25. The first kappa shape index (κ1) is 14.4. The standard InChI is InChI=1S/C17H27NO/c1-3-12-18(13-16-6-7-16)14(2)4-5-15-8-10-17(19)11-9-15/h8-11,14,16,19H,3-7,12-13H2,1-2H3/p+1/t14-/m1/s1. The fourth-order valence-corrected chi connectivity index (χ4v) is 2.81. The SMILES string of the molecule is CCC[NH+](CC1CC1)[C@H](C)CCc1ccc(O)cc1. The lowest BCUT2D eigenvalue weighted by Crippen LogP contribution is -3.15. The fraction of sp³-hybridized carbons (Fsp3) is 0.647. The smallest absolute Gasteiger partial charge is 0.115 e. The van der Waals surface area contributed by atoms with E-state index in [2.05, 4.69) is 13.8 Å². The Bertz CT molecular complexity index is 369. The van der Waals surface area contributed by atoms with Gasteiger partial charge in [-0.1, -0.05) is 19.1 Å². The number of quaternary nitrogens is 1. The lowest BCUT2D eigenvalue weighted by atomic mass is 10.0. The molecule has 1 saturated carbocycles. The molecule has 1 aliphatic carbocycles. The molecule has 0 aliphatic heterocycles. The molecule has 2 N–H and O–H groups in total. The van der Waals surface area contributed by atoms with Gasteiger partial charge in [-0.2, -0.15) is 0 Å². The largest absolute Gasteiger partial charge is 0.508 e. The normalized spacial score (nSPS) is 18.2. The maximum absolute atomic E-state index is 9.29. The topological polar surface area (TPSA) is 24.7 Å². The average molecular weight is 262 g/mol. The lowest BCUT2D eigenvalue weighted by Gasteiger charge is -2.26. The van der Waals surface area contributed by atoms with Gasteiger partial charge in [-0.3, -0.25) is 0 Å². The first-order valence-corrected chi connectivity index (χ1v) is 7.81. The van der Waals surface area contributed by atoms with Crippen molar-refractivity contribution in [3.63, 3.8) is 0 Å². The monoisotopic (exact) mass is 262 g/mol. The summed E-state index contributed by atoms with van der Waals surface area (Å²) in [6.45, 7) is 7.38. The van der Waals surface area contributed by atoms with Crippen molar-refractivity contribution in [1.82, 2.24) is 0 Å². The summed E-state index contributed by atoms with van der Waals surface area (Å²) in [4.78, 5) is 1.80. The molecule has 2 nitrogen and oxygen atoms in total. The zero-order chi connectivity index (χ0) is 13.7. The predicted octanol–water partition coefficient (Wildman–Crippen LogP) is 2.42. The Morgan fingerprint density at radius 2 is 1.95 bits per heavy atom. The van der Waals surface area contributed by atoms with Crippen molar-refractivity contribution in [3.05, 3.63) is 29.8 Å². The maximum atomic E-state index is 9.29. The quantitative estimate of drug-likeness (QED) is 0.739.